The summed E-state index contributed by atoms with van der Waals surface area (Å²) in [6.45, 7) is 7.07. The first-order chi connectivity index (χ1) is 11.1. The van der Waals surface area contributed by atoms with Crippen LogP contribution in [0.2, 0.25) is 0 Å². The monoisotopic (exact) mass is 312 g/mol. The van der Waals surface area contributed by atoms with Gasteiger partial charge in [0.1, 0.15) is 5.76 Å². The highest BCUT2D eigenvalue weighted by molar-refractivity contribution is 6.02. The van der Waals surface area contributed by atoms with Crippen LogP contribution < -0.4 is 5.32 Å². The van der Waals surface area contributed by atoms with Crippen molar-refractivity contribution in [3.05, 3.63) is 53.0 Å². The highest BCUT2D eigenvalue weighted by atomic mass is 16.4. The van der Waals surface area contributed by atoms with Gasteiger partial charge < -0.3 is 9.73 Å². The molecule has 2 aromatic rings. The Morgan fingerprint density at radius 1 is 1.13 bits per heavy atom. The van der Waals surface area contributed by atoms with E-state index in [1.807, 2.05) is 38.1 Å². The molecule has 0 radical (unpaired) electrons. The zero-order chi connectivity index (χ0) is 16.2. The van der Waals surface area contributed by atoms with Gasteiger partial charge in [-0.3, -0.25) is 9.69 Å². The number of benzene rings is 1. The first kappa shape index (κ1) is 15.8. The van der Waals surface area contributed by atoms with Crippen LogP contribution in [0.4, 0.5) is 5.69 Å². The maximum atomic E-state index is 12.4. The Bertz CT molecular complexity index is 684. The minimum absolute atomic E-state index is 0.191. The van der Waals surface area contributed by atoms with Crippen molar-refractivity contribution < 1.29 is 9.21 Å². The van der Waals surface area contributed by atoms with Gasteiger partial charge in [0, 0.05) is 5.69 Å². The van der Waals surface area contributed by atoms with E-state index in [2.05, 4.69) is 10.2 Å². The molecule has 0 atom stereocenters. The molecule has 3 rings (SSSR count). The van der Waals surface area contributed by atoms with Gasteiger partial charge in [0.25, 0.3) is 5.91 Å². The Balaban J connectivity index is 1.65. The average molecular weight is 312 g/mol. The smallest absolute Gasteiger partial charge is 0.291 e. The summed E-state index contributed by atoms with van der Waals surface area (Å²) in [5.74, 6) is 1.04. The molecule has 1 N–H and O–H groups in total. The maximum Gasteiger partial charge on any atom is 0.291 e. The fourth-order valence-corrected chi connectivity index (χ4v) is 2.99. The lowest BCUT2D eigenvalue weighted by molar-refractivity contribution is 0.0992. The molecule has 0 unspecified atom stereocenters. The highest BCUT2D eigenvalue weighted by Crippen LogP contribution is 2.20. The number of nitrogens with zero attached hydrogens (tertiary/aromatic N) is 1. The molecule has 1 aliphatic heterocycles. The highest BCUT2D eigenvalue weighted by Gasteiger charge is 2.16. The Kier molecular flexibility index (Phi) is 4.82. The van der Waals surface area contributed by atoms with Crippen LogP contribution in [-0.2, 0) is 6.54 Å². The third kappa shape index (κ3) is 3.82. The lowest BCUT2D eigenvalue weighted by Crippen LogP contribution is -2.28. The summed E-state index contributed by atoms with van der Waals surface area (Å²) in [6, 6.07) is 9.57. The molecule has 1 fully saturated rings. The minimum Gasteiger partial charge on any atom is -0.455 e. The van der Waals surface area contributed by atoms with Crippen LogP contribution in [-0.4, -0.2) is 23.9 Å². The van der Waals surface area contributed by atoms with Gasteiger partial charge in [-0.1, -0.05) is 18.6 Å². The summed E-state index contributed by atoms with van der Waals surface area (Å²) in [7, 11) is 0. The topological polar surface area (TPSA) is 45.5 Å². The summed E-state index contributed by atoms with van der Waals surface area (Å²) < 4.78 is 5.74. The lowest BCUT2D eigenvalue weighted by atomic mass is 10.1. The Labute approximate surface area is 137 Å². The first-order valence-corrected chi connectivity index (χ1v) is 8.32. The summed E-state index contributed by atoms with van der Waals surface area (Å²) in [4.78, 5) is 14.7. The number of anilines is 1. The summed E-state index contributed by atoms with van der Waals surface area (Å²) in [5, 5.41) is 2.94. The molecule has 0 saturated carbocycles. The largest absolute Gasteiger partial charge is 0.455 e. The third-order valence-electron chi connectivity index (χ3n) is 4.57. The van der Waals surface area contributed by atoms with Crippen LogP contribution in [0.15, 0.2) is 34.7 Å². The molecule has 1 aromatic heterocycles. The molecule has 0 spiro atoms. The van der Waals surface area contributed by atoms with E-state index in [-0.39, 0.29) is 5.91 Å². The zero-order valence-corrected chi connectivity index (χ0v) is 13.9. The number of nitrogens with one attached hydrogen (secondary N) is 1. The average Bonchev–Trinajstić information content (AvgIpc) is 3.01. The molecule has 4 heteroatoms. The van der Waals surface area contributed by atoms with E-state index in [0.717, 1.165) is 42.2 Å². The predicted octanol–water partition coefficient (Wildman–Crippen LogP) is 4.13. The van der Waals surface area contributed by atoms with E-state index in [1.165, 1.54) is 19.3 Å². The van der Waals surface area contributed by atoms with Crippen molar-refractivity contribution in [2.24, 2.45) is 0 Å². The number of hydrogen-bond donors (Lipinski definition) is 1. The number of rotatable bonds is 4. The van der Waals surface area contributed by atoms with Gasteiger partial charge in [0.15, 0.2) is 5.76 Å². The van der Waals surface area contributed by atoms with Gasteiger partial charge in [-0.2, -0.15) is 0 Å². The Morgan fingerprint density at radius 3 is 2.70 bits per heavy atom. The van der Waals surface area contributed by atoms with Crippen molar-refractivity contribution in [1.29, 1.82) is 0 Å². The first-order valence-electron chi connectivity index (χ1n) is 8.32. The minimum atomic E-state index is -0.191. The second kappa shape index (κ2) is 7.01. The van der Waals surface area contributed by atoms with E-state index in [4.69, 9.17) is 4.42 Å². The molecule has 0 bridgehead atoms. The Morgan fingerprint density at radius 2 is 1.91 bits per heavy atom. The second-order valence-electron chi connectivity index (χ2n) is 6.30. The molecule has 1 aromatic carbocycles. The van der Waals surface area contributed by atoms with Crippen LogP contribution in [0.1, 0.15) is 46.7 Å². The van der Waals surface area contributed by atoms with Crippen LogP contribution in [0.25, 0.3) is 0 Å². The van der Waals surface area contributed by atoms with Crippen LogP contribution >= 0.6 is 0 Å². The molecule has 23 heavy (non-hydrogen) atoms. The Hall–Kier alpha value is -2.07. The summed E-state index contributed by atoms with van der Waals surface area (Å²) in [5.41, 5.74) is 3.08. The molecule has 1 amide bonds. The number of likely N-dealkylation sites (tertiary alicyclic amines) is 1. The van der Waals surface area contributed by atoms with Crippen molar-refractivity contribution in [3.8, 4) is 0 Å². The van der Waals surface area contributed by atoms with E-state index < -0.39 is 0 Å². The van der Waals surface area contributed by atoms with Gasteiger partial charge in [-0.15, -0.1) is 0 Å². The third-order valence-corrected chi connectivity index (χ3v) is 4.57. The molecule has 0 aliphatic carbocycles. The molecule has 1 saturated heterocycles. The SMILES string of the molecule is Cc1cccc(NC(=O)c2ccc(CN3CCCCC3)o2)c1C. The van der Waals surface area contributed by atoms with Gasteiger partial charge in [-0.05, 0) is 69.1 Å². The van der Waals surface area contributed by atoms with Gasteiger partial charge >= 0.3 is 0 Å². The number of furan rings is 1. The van der Waals surface area contributed by atoms with Gasteiger partial charge in [-0.25, -0.2) is 0 Å². The normalized spacial score (nSPS) is 15.6. The quantitative estimate of drug-likeness (QED) is 0.923. The maximum absolute atomic E-state index is 12.4. The number of amides is 1. The van der Waals surface area contributed by atoms with Gasteiger partial charge in [0.05, 0.1) is 6.54 Å². The van der Waals surface area contributed by atoms with Crippen LogP contribution in [0, 0.1) is 13.8 Å². The molecule has 2 heterocycles. The fraction of sp³-hybridized carbons (Fsp3) is 0.421. The predicted molar refractivity (Wildman–Crippen MR) is 91.7 cm³/mol. The van der Waals surface area contributed by atoms with E-state index >= 15 is 0 Å². The molecule has 122 valence electrons. The van der Waals surface area contributed by atoms with Crippen LogP contribution in [0.5, 0.6) is 0 Å². The van der Waals surface area contributed by atoms with Gasteiger partial charge in [0.2, 0.25) is 0 Å². The molecule has 4 nitrogen and oxygen atoms in total. The van der Waals surface area contributed by atoms with Crippen molar-refractivity contribution in [3.63, 3.8) is 0 Å². The molecular formula is C19H24N2O2. The summed E-state index contributed by atoms with van der Waals surface area (Å²) >= 11 is 0. The van der Waals surface area contributed by atoms with Crippen molar-refractivity contribution >= 4 is 11.6 Å². The number of carbonyl (C=O) groups excluding carboxylic acids is 1. The fourth-order valence-electron chi connectivity index (χ4n) is 2.99. The van der Waals surface area contributed by atoms with E-state index in [9.17, 15) is 4.79 Å². The van der Waals surface area contributed by atoms with Crippen molar-refractivity contribution in [2.75, 3.05) is 18.4 Å². The molecule has 1 aliphatic rings. The van der Waals surface area contributed by atoms with Crippen LogP contribution in [0.3, 0.4) is 0 Å². The summed E-state index contributed by atoms with van der Waals surface area (Å²) in [6.07, 6.45) is 3.82. The second-order valence-corrected chi connectivity index (χ2v) is 6.30. The number of aryl methyl sites for hydroxylation is 1. The lowest BCUT2D eigenvalue weighted by Gasteiger charge is -2.25. The zero-order valence-electron chi connectivity index (χ0n) is 13.9. The van der Waals surface area contributed by atoms with Crippen molar-refractivity contribution in [1.82, 2.24) is 4.90 Å². The molecular weight excluding hydrogens is 288 g/mol. The van der Waals surface area contributed by atoms with Crippen molar-refractivity contribution in [2.45, 2.75) is 39.7 Å². The van der Waals surface area contributed by atoms with E-state index in [0.29, 0.717) is 5.76 Å². The number of carbonyl (C=O) groups is 1. The number of hydrogen-bond acceptors (Lipinski definition) is 3. The van der Waals surface area contributed by atoms with E-state index in [1.54, 1.807) is 6.07 Å². The number of piperidine rings is 1. The standard InChI is InChI=1S/C19H24N2O2/c1-14-7-6-8-17(15(14)2)20-19(22)18-10-9-16(23-18)13-21-11-4-3-5-12-21/h6-10H,3-5,11-13H2,1-2H3,(H,20,22).